The molecule has 0 saturated carbocycles. The molecule has 3 nitrogen and oxygen atoms in total. The first-order chi connectivity index (χ1) is 8.29. The summed E-state index contributed by atoms with van der Waals surface area (Å²) in [6, 6.07) is 5.87. The standard InChI is InChI=1S/C13H18ClNO2/c14-13-5-10(6-15)1-2-12(13)9-17-8-11-3-4-16-7-11/h1-2,5,11H,3-4,6-9,15H2. The molecule has 1 fully saturated rings. The summed E-state index contributed by atoms with van der Waals surface area (Å²) in [5, 5.41) is 0.732. The van der Waals surface area contributed by atoms with Gasteiger partial charge in [0.2, 0.25) is 0 Å². The molecule has 0 bridgehead atoms. The Bertz CT molecular complexity index is 364. The van der Waals surface area contributed by atoms with Crippen molar-refractivity contribution in [2.75, 3.05) is 19.8 Å². The van der Waals surface area contributed by atoms with E-state index in [1.807, 2.05) is 18.2 Å². The molecule has 0 spiro atoms. The predicted molar refractivity (Wildman–Crippen MR) is 67.9 cm³/mol. The van der Waals surface area contributed by atoms with Crippen LogP contribution in [0.1, 0.15) is 17.5 Å². The highest BCUT2D eigenvalue weighted by atomic mass is 35.5. The van der Waals surface area contributed by atoms with Crippen LogP contribution in [0.5, 0.6) is 0 Å². The summed E-state index contributed by atoms with van der Waals surface area (Å²) in [6.07, 6.45) is 1.10. The molecule has 2 N–H and O–H groups in total. The number of nitrogens with two attached hydrogens (primary N) is 1. The van der Waals surface area contributed by atoms with Crippen molar-refractivity contribution in [1.29, 1.82) is 0 Å². The Kier molecular flexibility index (Phi) is 4.80. The van der Waals surface area contributed by atoms with E-state index in [1.165, 1.54) is 0 Å². The maximum atomic E-state index is 6.14. The second kappa shape index (κ2) is 6.36. The van der Waals surface area contributed by atoms with E-state index in [0.717, 1.165) is 42.4 Å². The van der Waals surface area contributed by atoms with E-state index >= 15 is 0 Å². The Labute approximate surface area is 107 Å². The van der Waals surface area contributed by atoms with Gasteiger partial charge in [0.25, 0.3) is 0 Å². The highest BCUT2D eigenvalue weighted by molar-refractivity contribution is 6.31. The second-order valence-electron chi connectivity index (χ2n) is 4.37. The van der Waals surface area contributed by atoms with E-state index in [2.05, 4.69) is 0 Å². The lowest BCUT2D eigenvalue weighted by Gasteiger charge is -2.10. The number of rotatable bonds is 5. The predicted octanol–water partition coefficient (Wildman–Crippen LogP) is 2.35. The average molecular weight is 256 g/mol. The molecule has 94 valence electrons. The minimum atomic E-state index is 0.514. The van der Waals surface area contributed by atoms with Crippen LogP contribution in [0.4, 0.5) is 0 Å². The highest BCUT2D eigenvalue weighted by Gasteiger charge is 2.15. The molecule has 1 unspecified atom stereocenters. The molecule has 1 aliphatic rings. The minimum Gasteiger partial charge on any atom is -0.381 e. The smallest absolute Gasteiger partial charge is 0.0731 e. The van der Waals surface area contributed by atoms with Crippen molar-refractivity contribution in [3.8, 4) is 0 Å². The van der Waals surface area contributed by atoms with Crippen molar-refractivity contribution in [2.24, 2.45) is 11.7 Å². The summed E-state index contributed by atoms with van der Waals surface area (Å²) in [7, 11) is 0. The second-order valence-corrected chi connectivity index (χ2v) is 4.78. The van der Waals surface area contributed by atoms with Crippen molar-refractivity contribution in [3.05, 3.63) is 34.3 Å². The molecule has 0 aliphatic carbocycles. The van der Waals surface area contributed by atoms with E-state index in [0.29, 0.717) is 19.1 Å². The van der Waals surface area contributed by atoms with Crippen LogP contribution in [0.15, 0.2) is 18.2 Å². The summed E-state index contributed by atoms with van der Waals surface area (Å²) < 4.78 is 11.0. The van der Waals surface area contributed by atoms with Crippen LogP contribution in [0.25, 0.3) is 0 Å². The van der Waals surface area contributed by atoms with Gasteiger partial charge in [-0.25, -0.2) is 0 Å². The summed E-state index contributed by atoms with van der Waals surface area (Å²) >= 11 is 6.14. The van der Waals surface area contributed by atoms with Gasteiger partial charge in [-0.15, -0.1) is 0 Å². The first kappa shape index (κ1) is 12.8. The van der Waals surface area contributed by atoms with Gasteiger partial charge in [-0.3, -0.25) is 0 Å². The van der Waals surface area contributed by atoms with E-state index in [9.17, 15) is 0 Å². The van der Waals surface area contributed by atoms with Crippen LogP contribution >= 0.6 is 11.6 Å². The monoisotopic (exact) mass is 255 g/mol. The van der Waals surface area contributed by atoms with Gasteiger partial charge in [-0.1, -0.05) is 23.7 Å². The third-order valence-corrected chi connectivity index (χ3v) is 3.34. The Morgan fingerprint density at radius 1 is 1.47 bits per heavy atom. The lowest BCUT2D eigenvalue weighted by molar-refractivity contribution is 0.0792. The zero-order valence-corrected chi connectivity index (χ0v) is 10.6. The fourth-order valence-corrected chi connectivity index (χ4v) is 2.14. The number of ether oxygens (including phenoxy) is 2. The van der Waals surface area contributed by atoms with Gasteiger partial charge in [-0.05, 0) is 23.6 Å². The summed E-state index contributed by atoms with van der Waals surface area (Å²) in [5.41, 5.74) is 7.61. The Morgan fingerprint density at radius 3 is 3.00 bits per heavy atom. The van der Waals surface area contributed by atoms with Crippen LogP contribution in [-0.2, 0) is 22.6 Å². The Hall–Kier alpha value is -0.610. The van der Waals surface area contributed by atoms with Crippen molar-refractivity contribution in [1.82, 2.24) is 0 Å². The van der Waals surface area contributed by atoms with E-state index in [1.54, 1.807) is 0 Å². The lowest BCUT2D eigenvalue weighted by Crippen LogP contribution is -2.09. The number of hydrogen-bond donors (Lipinski definition) is 1. The van der Waals surface area contributed by atoms with Crippen molar-refractivity contribution >= 4 is 11.6 Å². The van der Waals surface area contributed by atoms with Crippen LogP contribution in [0.3, 0.4) is 0 Å². The number of benzene rings is 1. The molecule has 4 heteroatoms. The average Bonchev–Trinajstić information content (AvgIpc) is 2.84. The normalized spacial score (nSPS) is 19.8. The molecule has 2 rings (SSSR count). The zero-order chi connectivity index (χ0) is 12.1. The maximum Gasteiger partial charge on any atom is 0.0731 e. The third kappa shape index (κ3) is 3.68. The minimum absolute atomic E-state index is 0.514. The third-order valence-electron chi connectivity index (χ3n) is 2.99. The van der Waals surface area contributed by atoms with Crippen LogP contribution in [0, 0.1) is 5.92 Å². The molecular weight excluding hydrogens is 238 g/mol. The maximum absolute atomic E-state index is 6.14. The van der Waals surface area contributed by atoms with Crippen molar-refractivity contribution < 1.29 is 9.47 Å². The first-order valence-corrected chi connectivity index (χ1v) is 6.30. The molecule has 1 saturated heterocycles. The number of hydrogen-bond acceptors (Lipinski definition) is 3. The van der Waals surface area contributed by atoms with Gasteiger partial charge in [0.1, 0.15) is 0 Å². The Balaban J connectivity index is 1.81. The molecule has 1 atom stereocenters. The van der Waals surface area contributed by atoms with Crippen LogP contribution in [-0.4, -0.2) is 19.8 Å². The molecule has 0 radical (unpaired) electrons. The summed E-state index contributed by atoms with van der Waals surface area (Å²) in [6.45, 7) is 3.50. The molecular formula is C13H18ClNO2. The fraction of sp³-hybridized carbons (Fsp3) is 0.538. The van der Waals surface area contributed by atoms with Gasteiger partial charge in [0, 0.05) is 24.1 Å². The van der Waals surface area contributed by atoms with Gasteiger partial charge < -0.3 is 15.2 Å². The lowest BCUT2D eigenvalue weighted by atomic mass is 10.1. The molecule has 17 heavy (non-hydrogen) atoms. The van der Waals surface area contributed by atoms with Gasteiger partial charge in [0.15, 0.2) is 0 Å². The first-order valence-electron chi connectivity index (χ1n) is 5.92. The molecule has 1 heterocycles. The largest absolute Gasteiger partial charge is 0.381 e. The van der Waals surface area contributed by atoms with E-state index < -0.39 is 0 Å². The van der Waals surface area contributed by atoms with E-state index in [4.69, 9.17) is 26.8 Å². The summed E-state index contributed by atoms with van der Waals surface area (Å²) in [5.74, 6) is 0.539. The van der Waals surface area contributed by atoms with Gasteiger partial charge in [0.05, 0.1) is 19.8 Å². The van der Waals surface area contributed by atoms with Crippen molar-refractivity contribution in [2.45, 2.75) is 19.6 Å². The Morgan fingerprint density at radius 2 is 2.35 bits per heavy atom. The highest BCUT2D eigenvalue weighted by Crippen LogP contribution is 2.20. The topological polar surface area (TPSA) is 44.5 Å². The van der Waals surface area contributed by atoms with Gasteiger partial charge >= 0.3 is 0 Å². The SMILES string of the molecule is NCc1ccc(COCC2CCOC2)c(Cl)c1. The molecule has 1 aliphatic heterocycles. The van der Waals surface area contributed by atoms with Crippen molar-refractivity contribution in [3.63, 3.8) is 0 Å². The molecule has 0 aromatic heterocycles. The quantitative estimate of drug-likeness (QED) is 0.879. The van der Waals surface area contributed by atoms with E-state index in [-0.39, 0.29) is 0 Å². The zero-order valence-electron chi connectivity index (χ0n) is 9.82. The van der Waals surface area contributed by atoms with Crippen LogP contribution < -0.4 is 5.73 Å². The summed E-state index contributed by atoms with van der Waals surface area (Å²) in [4.78, 5) is 0. The fourth-order valence-electron chi connectivity index (χ4n) is 1.89. The molecule has 1 aromatic rings. The molecule has 1 aromatic carbocycles. The van der Waals surface area contributed by atoms with Gasteiger partial charge in [-0.2, -0.15) is 0 Å². The number of halogens is 1. The van der Waals surface area contributed by atoms with Crippen LogP contribution in [0.2, 0.25) is 5.02 Å². The molecule has 0 amide bonds.